The van der Waals surface area contributed by atoms with Crippen LogP contribution in [0.3, 0.4) is 0 Å². The highest BCUT2D eigenvalue weighted by molar-refractivity contribution is 5.71. The van der Waals surface area contributed by atoms with E-state index in [9.17, 15) is 4.79 Å². The van der Waals surface area contributed by atoms with Crippen LogP contribution in [0, 0.1) is 0 Å². The molecule has 0 amide bonds. The first-order valence-electron chi connectivity index (χ1n) is 6.29. The fourth-order valence-electron chi connectivity index (χ4n) is 2.02. The van der Waals surface area contributed by atoms with Crippen molar-refractivity contribution in [1.29, 1.82) is 0 Å². The predicted molar refractivity (Wildman–Crippen MR) is 70.9 cm³/mol. The summed E-state index contributed by atoms with van der Waals surface area (Å²) in [4.78, 5) is 11.1. The lowest BCUT2D eigenvalue weighted by Gasteiger charge is -2.19. The number of ether oxygens (including phenoxy) is 3. The average molecular weight is 262 g/mol. The third-order valence-electron chi connectivity index (χ3n) is 3.12. The standard InChI is InChI=1S/C15H18O4/c1-3-13(14-8-9-15(16)19-14)18-10-11-4-6-12(17-2)7-5-11/h3-7,13-14H,1,8-10H2,2H3/t13-,14-/m1/s1. The van der Waals surface area contributed by atoms with Crippen LogP contribution < -0.4 is 4.74 Å². The van der Waals surface area contributed by atoms with Crippen LogP contribution in [0.5, 0.6) is 5.75 Å². The van der Waals surface area contributed by atoms with Crippen molar-refractivity contribution in [2.45, 2.75) is 31.7 Å². The summed E-state index contributed by atoms with van der Waals surface area (Å²) in [5.74, 6) is 0.652. The summed E-state index contributed by atoms with van der Waals surface area (Å²) in [6, 6.07) is 7.66. The molecule has 2 atom stereocenters. The molecule has 0 bridgehead atoms. The minimum Gasteiger partial charge on any atom is -0.497 e. The number of methoxy groups -OCH3 is 1. The van der Waals surface area contributed by atoms with E-state index < -0.39 is 0 Å². The molecular formula is C15H18O4. The van der Waals surface area contributed by atoms with E-state index in [4.69, 9.17) is 14.2 Å². The fraction of sp³-hybridized carbons (Fsp3) is 0.400. The Morgan fingerprint density at radius 1 is 1.47 bits per heavy atom. The van der Waals surface area contributed by atoms with Crippen LogP contribution in [0.4, 0.5) is 0 Å². The average Bonchev–Trinajstić information content (AvgIpc) is 2.87. The van der Waals surface area contributed by atoms with Crippen molar-refractivity contribution in [3.8, 4) is 5.75 Å². The molecule has 1 fully saturated rings. The second-order valence-corrected chi connectivity index (χ2v) is 4.43. The van der Waals surface area contributed by atoms with Crippen molar-refractivity contribution in [3.63, 3.8) is 0 Å². The molecule has 0 radical (unpaired) electrons. The molecule has 1 aliphatic heterocycles. The highest BCUT2D eigenvalue weighted by Gasteiger charge is 2.29. The Kier molecular flexibility index (Phi) is 4.58. The Morgan fingerprint density at radius 3 is 2.74 bits per heavy atom. The van der Waals surface area contributed by atoms with Crippen LogP contribution in [0.1, 0.15) is 18.4 Å². The summed E-state index contributed by atoms with van der Waals surface area (Å²) >= 11 is 0. The Bertz CT molecular complexity index is 438. The molecule has 0 aromatic heterocycles. The van der Waals surface area contributed by atoms with Gasteiger partial charge in [-0.3, -0.25) is 4.79 Å². The minimum atomic E-state index is -0.256. The molecule has 102 valence electrons. The highest BCUT2D eigenvalue weighted by Crippen LogP contribution is 2.21. The Balaban J connectivity index is 1.88. The van der Waals surface area contributed by atoms with Crippen LogP contribution in [0.25, 0.3) is 0 Å². The van der Waals surface area contributed by atoms with Crippen molar-refractivity contribution >= 4 is 5.97 Å². The van der Waals surface area contributed by atoms with Crippen molar-refractivity contribution in [2.75, 3.05) is 7.11 Å². The maximum Gasteiger partial charge on any atom is 0.306 e. The summed E-state index contributed by atoms with van der Waals surface area (Å²) in [5, 5.41) is 0. The van der Waals surface area contributed by atoms with E-state index in [1.165, 1.54) is 0 Å². The van der Waals surface area contributed by atoms with Gasteiger partial charge >= 0.3 is 5.97 Å². The summed E-state index contributed by atoms with van der Waals surface area (Å²) in [5.41, 5.74) is 1.04. The normalized spacial score (nSPS) is 19.8. The van der Waals surface area contributed by atoms with Crippen LogP contribution in [-0.4, -0.2) is 25.3 Å². The topological polar surface area (TPSA) is 44.8 Å². The number of carbonyl (C=O) groups is 1. The van der Waals surface area contributed by atoms with Crippen molar-refractivity contribution < 1.29 is 19.0 Å². The molecule has 1 aromatic carbocycles. The monoisotopic (exact) mass is 262 g/mol. The van der Waals surface area contributed by atoms with Gasteiger partial charge in [-0.2, -0.15) is 0 Å². The van der Waals surface area contributed by atoms with E-state index in [1.807, 2.05) is 24.3 Å². The van der Waals surface area contributed by atoms with Gasteiger partial charge in [0, 0.05) is 6.42 Å². The van der Waals surface area contributed by atoms with E-state index >= 15 is 0 Å². The van der Waals surface area contributed by atoms with Crippen LogP contribution in [0.15, 0.2) is 36.9 Å². The number of hydrogen-bond donors (Lipinski definition) is 0. The van der Waals surface area contributed by atoms with Gasteiger partial charge in [0.25, 0.3) is 0 Å². The maximum atomic E-state index is 11.1. The predicted octanol–water partition coefficient (Wildman–Crippen LogP) is 2.47. The van der Waals surface area contributed by atoms with Gasteiger partial charge < -0.3 is 14.2 Å². The molecule has 1 saturated heterocycles. The third kappa shape index (κ3) is 3.58. The lowest BCUT2D eigenvalue weighted by molar-refractivity contribution is -0.145. The summed E-state index contributed by atoms with van der Waals surface area (Å²) in [7, 11) is 1.63. The van der Waals surface area contributed by atoms with Crippen molar-refractivity contribution in [2.24, 2.45) is 0 Å². The van der Waals surface area contributed by atoms with E-state index in [0.717, 1.165) is 11.3 Å². The van der Waals surface area contributed by atoms with E-state index in [0.29, 0.717) is 19.4 Å². The van der Waals surface area contributed by atoms with Gasteiger partial charge in [-0.25, -0.2) is 0 Å². The van der Waals surface area contributed by atoms with Gasteiger partial charge in [0.1, 0.15) is 18.0 Å². The van der Waals surface area contributed by atoms with Gasteiger partial charge in [-0.05, 0) is 24.1 Å². The molecule has 4 heteroatoms. The number of hydrogen-bond acceptors (Lipinski definition) is 4. The van der Waals surface area contributed by atoms with Crippen LogP contribution >= 0.6 is 0 Å². The number of esters is 1. The zero-order chi connectivity index (χ0) is 13.7. The molecule has 4 nitrogen and oxygen atoms in total. The molecular weight excluding hydrogens is 244 g/mol. The molecule has 0 saturated carbocycles. The van der Waals surface area contributed by atoms with Crippen LogP contribution in [-0.2, 0) is 20.9 Å². The first kappa shape index (κ1) is 13.6. The fourth-order valence-corrected chi connectivity index (χ4v) is 2.02. The molecule has 1 aliphatic rings. The molecule has 1 heterocycles. The minimum absolute atomic E-state index is 0.162. The zero-order valence-electron chi connectivity index (χ0n) is 11.0. The molecule has 0 aliphatic carbocycles. The SMILES string of the molecule is C=C[C@@H](OCc1ccc(OC)cc1)[C@H]1CCC(=O)O1. The number of benzene rings is 1. The summed E-state index contributed by atoms with van der Waals surface area (Å²) < 4.78 is 16.0. The highest BCUT2D eigenvalue weighted by atomic mass is 16.6. The van der Waals surface area contributed by atoms with Crippen LogP contribution in [0.2, 0.25) is 0 Å². The summed E-state index contributed by atoms with van der Waals surface area (Å²) in [6.07, 6.45) is 2.38. The van der Waals surface area contributed by atoms with E-state index in [2.05, 4.69) is 6.58 Å². The summed E-state index contributed by atoms with van der Waals surface area (Å²) in [6.45, 7) is 4.19. The number of rotatable bonds is 6. The molecule has 0 spiro atoms. The van der Waals surface area contributed by atoms with Gasteiger partial charge in [-0.15, -0.1) is 6.58 Å². The number of carbonyl (C=O) groups excluding carboxylic acids is 1. The molecule has 0 N–H and O–H groups in total. The lowest BCUT2D eigenvalue weighted by Crippen LogP contribution is -2.26. The molecule has 19 heavy (non-hydrogen) atoms. The Hall–Kier alpha value is -1.81. The Morgan fingerprint density at radius 2 is 2.21 bits per heavy atom. The van der Waals surface area contributed by atoms with Crippen molar-refractivity contribution in [3.05, 3.63) is 42.5 Å². The zero-order valence-corrected chi connectivity index (χ0v) is 11.0. The van der Waals surface area contributed by atoms with E-state index in [-0.39, 0.29) is 18.2 Å². The molecule has 0 unspecified atom stereocenters. The molecule has 2 rings (SSSR count). The van der Waals surface area contributed by atoms with Gasteiger partial charge in [0.05, 0.1) is 13.7 Å². The van der Waals surface area contributed by atoms with Gasteiger partial charge in [-0.1, -0.05) is 18.2 Å². The smallest absolute Gasteiger partial charge is 0.306 e. The maximum absolute atomic E-state index is 11.1. The van der Waals surface area contributed by atoms with Gasteiger partial charge in [0.15, 0.2) is 0 Å². The van der Waals surface area contributed by atoms with E-state index in [1.54, 1.807) is 13.2 Å². The largest absolute Gasteiger partial charge is 0.497 e. The number of cyclic esters (lactones) is 1. The van der Waals surface area contributed by atoms with Crippen molar-refractivity contribution in [1.82, 2.24) is 0 Å². The first-order chi connectivity index (χ1) is 9.22. The second-order valence-electron chi connectivity index (χ2n) is 4.43. The second kappa shape index (κ2) is 6.38. The third-order valence-corrected chi connectivity index (χ3v) is 3.12. The quantitative estimate of drug-likeness (QED) is 0.583. The Labute approximate surface area is 113 Å². The van der Waals surface area contributed by atoms with Gasteiger partial charge in [0.2, 0.25) is 0 Å². The molecule has 1 aromatic rings. The lowest BCUT2D eigenvalue weighted by atomic mass is 10.1. The first-order valence-corrected chi connectivity index (χ1v) is 6.29.